The van der Waals surface area contributed by atoms with Crippen LogP contribution >= 0.6 is 0 Å². The first-order chi connectivity index (χ1) is 10.9. The lowest BCUT2D eigenvalue weighted by Crippen LogP contribution is -2.06. The SMILES string of the molecule is CCc1nn(C2CCCC2)c2cc(-c3ccccc3)ccc12. The molecule has 0 atom stereocenters. The molecule has 2 nitrogen and oxygen atoms in total. The summed E-state index contributed by atoms with van der Waals surface area (Å²) >= 11 is 0. The van der Waals surface area contributed by atoms with Crippen molar-refractivity contribution in [3.8, 4) is 11.1 Å². The van der Waals surface area contributed by atoms with E-state index in [2.05, 4.69) is 60.1 Å². The monoisotopic (exact) mass is 290 g/mol. The molecule has 1 aliphatic rings. The van der Waals surface area contributed by atoms with Gasteiger partial charge in [-0.15, -0.1) is 0 Å². The lowest BCUT2D eigenvalue weighted by Gasteiger charge is -2.12. The summed E-state index contributed by atoms with van der Waals surface area (Å²) in [4.78, 5) is 0. The fourth-order valence-corrected chi connectivity index (χ4v) is 3.70. The number of rotatable bonds is 3. The van der Waals surface area contributed by atoms with Crippen molar-refractivity contribution >= 4 is 10.9 Å². The molecule has 4 rings (SSSR count). The quantitative estimate of drug-likeness (QED) is 0.633. The Morgan fingerprint density at radius 2 is 1.77 bits per heavy atom. The van der Waals surface area contributed by atoms with Crippen molar-refractivity contribution in [2.45, 2.75) is 45.1 Å². The molecule has 0 aliphatic heterocycles. The molecule has 0 bridgehead atoms. The van der Waals surface area contributed by atoms with Crippen LogP contribution in [0.2, 0.25) is 0 Å². The average Bonchev–Trinajstić information content (AvgIpc) is 3.22. The summed E-state index contributed by atoms with van der Waals surface area (Å²) in [5.74, 6) is 0. The number of aryl methyl sites for hydroxylation is 1. The van der Waals surface area contributed by atoms with Gasteiger partial charge in [0.15, 0.2) is 0 Å². The van der Waals surface area contributed by atoms with Gasteiger partial charge in [-0.3, -0.25) is 4.68 Å². The van der Waals surface area contributed by atoms with E-state index >= 15 is 0 Å². The molecule has 22 heavy (non-hydrogen) atoms. The fourth-order valence-electron chi connectivity index (χ4n) is 3.70. The summed E-state index contributed by atoms with van der Waals surface area (Å²) in [5, 5.41) is 6.27. The van der Waals surface area contributed by atoms with Gasteiger partial charge in [0.05, 0.1) is 17.3 Å². The van der Waals surface area contributed by atoms with E-state index in [9.17, 15) is 0 Å². The van der Waals surface area contributed by atoms with Crippen molar-refractivity contribution < 1.29 is 0 Å². The lowest BCUT2D eigenvalue weighted by atomic mass is 10.0. The molecule has 1 aromatic heterocycles. The number of aromatic nitrogens is 2. The number of nitrogens with zero attached hydrogens (tertiary/aromatic N) is 2. The van der Waals surface area contributed by atoms with Crippen molar-refractivity contribution in [2.75, 3.05) is 0 Å². The third-order valence-electron chi connectivity index (χ3n) is 4.90. The van der Waals surface area contributed by atoms with Crippen LogP contribution in [-0.4, -0.2) is 9.78 Å². The van der Waals surface area contributed by atoms with Crippen molar-refractivity contribution in [1.82, 2.24) is 9.78 Å². The molecule has 3 aromatic rings. The van der Waals surface area contributed by atoms with Crippen molar-refractivity contribution in [3.63, 3.8) is 0 Å². The second-order valence-electron chi connectivity index (χ2n) is 6.28. The van der Waals surface area contributed by atoms with E-state index in [1.54, 1.807) is 0 Å². The first-order valence-corrected chi connectivity index (χ1v) is 8.43. The number of fused-ring (bicyclic) bond motifs is 1. The highest BCUT2D eigenvalue weighted by molar-refractivity contribution is 5.87. The van der Waals surface area contributed by atoms with E-state index in [0.29, 0.717) is 6.04 Å². The molecule has 1 heterocycles. The van der Waals surface area contributed by atoms with Gasteiger partial charge in [0.2, 0.25) is 0 Å². The third-order valence-corrected chi connectivity index (χ3v) is 4.90. The van der Waals surface area contributed by atoms with Crippen LogP contribution in [0.3, 0.4) is 0 Å². The molecular formula is C20H22N2. The van der Waals surface area contributed by atoms with E-state index in [0.717, 1.165) is 6.42 Å². The van der Waals surface area contributed by atoms with Gasteiger partial charge in [0, 0.05) is 5.39 Å². The highest BCUT2D eigenvalue weighted by Crippen LogP contribution is 2.34. The molecule has 1 fully saturated rings. The Bertz CT molecular complexity index is 780. The molecule has 0 N–H and O–H groups in total. The molecule has 1 saturated carbocycles. The zero-order valence-electron chi connectivity index (χ0n) is 13.1. The van der Waals surface area contributed by atoms with Crippen LogP contribution in [-0.2, 0) is 6.42 Å². The normalized spacial score (nSPS) is 15.7. The molecule has 0 spiro atoms. The summed E-state index contributed by atoms with van der Waals surface area (Å²) in [7, 11) is 0. The lowest BCUT2D eigenvalue weighted by molar-refractivity contribution is 0.478. The molecule has 112 valence electrons. The molecule has 0 radical (unpaired) electrons. The first kappa shape index (κ1) is 13.6. The second kappa shape index (κ2) is 5.60. The van der Waals surface area contributed by atoms with Crippen molar-refractivity contribution in [3.05, 3.63) is 54.2 Å². The minimum atomic E-state index is 0.592. The Morgan fingerprint density at radius 3 is 2.50 bits per heavy atom. The Balaban J connectivity index is 1.88. The van der Waals surface area contributed by atoms with E-state index < -0.39 is 0 Å². The highest BCUT2D eigenvalue weighted by Gasteiger charge is 2.21. The Morgan fingerprint density at radius 1 is 1.00 bits per heavy atom. The minimum Gasteiger partial charge on any atom is -0.262 e. The van der Waals surface area contributed by atoms with E-state index in [1.165, 1.54) is 53.4 Å². The molecule has 2 heteroatoms. The second-order valence-corrected chi connectivity index (χ2v) is 6.28. The van der Waals surface area contributed by atoms with Crippen molar-refractivity contribution in [1.29, 1.82) is 0 Å². The molecular weight excluding hydrogens is 268 g/mol. The minimum absolute atomic E-state index is 0.592. The Hall–Kier alpha value is -2.09. The maximum absolute atomic E-state index is 4.94. The van der Waals surface area contributed by atoms with Crippen LogP contribution in [0.15, 0.2) is 48.5 Å². The van der Waals surface area contributed by atoms with E-state index in [1.807, 2.05) is 0 Å². The zero-order valence-corrected chi connectivity index (χ0v) is 13.1. The smallest absolute Gasteiger partial charge is 0.0700 e. The highest BCUT2D eigenvalue weighted by atomic mass is 15.3. The Kier molecular flexibility index (Phi) is 3.45. The van der Waals surface area contributed by atoms with Gasteiger partial charge in [-0.2, -0.15) is 5.10 Å². The fraction of sp³-hybridized carbons (Fsp3) is 0.350. The predicted molar refractivity (Wildman–Crippen MR) is 92.1 cm³/mol. The molecule has 1 aliphatic carbocycles. The first-order valence-electron chi connectivity index (χ1n) is 8.43. The number of benzene rings is 2. The van der Waals surface area contributed by atoms with Crippen LogP contribution in [0.4, 0.5) is 0 Å². The summed E-state index contributed by atoms with van der Waals surface area (Å²) in [6, 6.07) is 18.0. The summed E-state index contributed by atoms with van der Waals surface area (Å²) in [6.07, 6.45) is 6.23. The van der Waals surface area contributed by atoms with Crippen LogP contribution in [0.5, 0.6) is 0 Å². The Labute approximate surface area is 131 Å². The largest absolute Gasteiger partial charge is 0.262 e. The maximum Gasteiger partial charge on any atom is 0.0700 e. The topological polar surface area (TPSA) is 17.8 Å². The van der Waals surface area contributed by atoms with Gasteiger partial charge in [0.25, 0.3) is 0 Å². The number of hydrogen-bond donors (Lipinski definition) is 0. The molecule has 2 aromatic carbocycles. The summed E-state index contributed by atoms with van der Waals surface area (Å²) in [5.41, 5.74) is 5.11. The van der Waals surface area contributed by atoms with Gasteiger partial charge in [0.1, 0.15) is 0 Å². The van der Waals surface area contributed by atoms with Crippen molar-refractivity contribution in [2.24, 2.45) is 0 Å². The predicted octanol–water partition coefficient (Wildman–Crippen LogP) is 5.38. The van der Waals surface area contributed by atoms with Crippen LogP contribution < -0.4 is 0 Å². The van der Waals surface area contributed by atoms with E-state index in [4.69, 9.17) is 5.10 Å². The average molecular weight is 290 g/mol. The standard InChI is InChI=1S/C20H22N2/c1-2-19-18-13-12-16(15-8-4-3-5-9-15)14-20(18)22(21-19)17-10-6-7-11-17/h3-5,8-9,12-14,17H,2,6-7,10-11H2,1H3. The van der Waals surface area contributed by atoms with E-state index in [-0.39, 0.29) is 0 Å². The summed E-state index contributed by atoms with van der Waals surface area (Å²) in [6.45, 7) is 2.20. The van der Waals surface area contributed by atoms with Gasteiger partial charge >= 0.3 is 0 Å². The van der Waals surface area contributed by atoms with Crippen LogP contribution in [0.1, 0.15) is 44.3 Å². The molecule has 0 amide bonds. The molecule has 0 saturated heterocycles. The van der Waals surface area contributed by atoms with Crippen LogP contribution in [0.25, 0.3) is 22.0 Å². The summed E-state index contributed by atoms with van der Waals surface area (Å²) < 4.78 is 2.31. The van der Waals surface area contributed by atoms with Gasteiger partial charge in [-0.1, -0.05) is 62.2 Å². The van der Waals surface area contributed by atoms with Gasteiger partial charge in [-0.05, 0) is 36.5 Å². The van der Waals surface area contributed by atoms with Gasteiger partial charge in [-0.25, -0.2) is 0 Å². The van der Waals surface area contributed by atoms with Crippen LogP contribution in [0, 0.1) is 0 Å². The third kappa shape index (κ3) is 2.23. The molecule has 0 unspecified atom stereocenters. The number of hydrogen-bond acceptors (Lipinski definition) is 1. The maximum atomic E-state index is 4.94. The van der Waals surface area contributed by atoms with Gasteiger partial charge < -0.3 is 0 Å². The zero-order chi connectivity index (χ0) is 14.9.